The van der Waals surface area contributed by atoms with Gasteiger partial charge < -0.3 is 5.11 Å². The Kier molecular flexibility index (Phi) is 3.44. The van der Waals surface area contributed by atoms with Crippen molar-refractivity contribution in [3.8, 4) is 12.1 Å². The van der Waals surface area contributed by atoms with Crippen LogP contribution in [0.1, 0.15) is 42.0 Å². The molecule has 0 unspecified atom stereocenters. The molecule has 0 fully saturated rings. The fraction of sp³-hybridized carbons (Fsp3) is 0.333. The lowest BCUT2D eigenvalue weighted by Crippen LogP contribution is -2.00. The lowest BCUT2D eigenvalue weighted by molar-refractivity contribution is 0.281. The summed E-state index contributed by atoms with van der Waals surface area (Å²) in [4.78, 5) is 0. The first-order valence-corrected chi connectivity index (χ1v) is 4.72. The smallest absolute Gasteiger partial charge is 0.0995 e. The van der Waals surface area contributed by atoms with Gasteiger partial charge in [-0.05, 0) is 29.2 Å². The summed E-state index contributed by atoms with van der Waals surface area (Å²) in [6, 6.07) is 7.40. The molecule has 0 spiro atoms. The van der Waals surface area contributed by atoms with Gasteiger partial charge in [-0.2, -0.15) is 10.5 Å². The minimum absolute atomic E-state index is 0.127. The molecule has 0 atom stereocenters. The highest BCUT2D eigenvalue weighted by atomic mass is 16.3. The first-order chi connectivity index (χ1) is 7.13. The van der Waals surface area contributed by atoms with E-state index in [9.17, 15) is 0 Å². The summed E-state index contributed by atoms with van der Waals surface area (Å²) in [5.41, 5.74) is 2.32. The molecule has 1 aromatic rings. The molecule has 1 rings (SSSR count). The van der Waals surface area contributed by atoms with E-state index < -0.39 is 0 Å². The predicted octanol–water partition coefficient (Wildman–Crippen LogP) is 2.05. The fourth-order valence-corrected chi connectivity index (χ4v) is 1.61. The molecule has 0 heterocycles. The first kappa shape index (κ1) is 11.2. The van der Waals surface area contributed by atoms with Crippen molar-refractivity contribution in [2.75, 3.05) is 0 Å². The minimum Gasteiger partial charge on any atom is -0.392 e. The number of nitriles is 2. The van der Waals surface area contributed by atoms with Gasteiger partial charge in [-0.15, -0.1) is 0 Å². The van der Waals surface area contributed by atoms with E-state index in [1.165, 1.54) is 0 Å². The third-order valence-corrected chi connectivity index (χ3v) is 2.24. The second-order valence-electron chi connectivity index (χ2n) is 3.64. The number of nitrogens with zero attached hydrogens (tertiary/aromatic N) is 2. The van der Waals surface area contributed by atoms with Crippen molar-refractivity contribution in [1.82, 2.24) is 0 Å². The molecule has 0 aliphatic rings. The van der Waals surface area contributed by atoms with Gasteiger partial charge in [0, 0.05) is 0 Å². The molecule has 0 amide bonds. The summed E-state index contributed by atoms with van der Waals surface area (Å²) in [6.07, 6.45) is 0. The molecular formula is C12H12N2O. The molecule has 15 heavy (non-hydrogen) atoms. The van der Waals surface area contributed by atoms with Gasteiger partial charge in [0.1, 0.15) is 0 Å². The zero-order valence-corrected chi connectivity index (χ0v) is 8.78. The molecule has 0 aliphatic heterocycles. The van der Waals surface area contributed by atoms with Gasteiger partial charge in [0.2, 0.25) is 0 Å². The summed E-state index contributed by atoms with van der Waals surface area (Å²) < 4.78 is 0. The number of benzene rings is 1. The molecule has 3 nitrogen and oxygen atoms in total. The van der Waals surface area contributed by atoms with E-state index in [-0.39, 0.29) is 12.5 Å². The van der Waals surface area contributed by atoms with Gasteiger partial charge in [-0.3, -0.25) is 0 Å². The highest BCUT2D eigenvalue weighted by molar-refractivity contribution is 5.52. The summed E-state index contributed by atoms with van der Waals surface area (Å²) >= 11 is 0. The molecule has 0 aromatic heterocycles. The number of aliphatic hydroxyl groups is 1. The van der Waals surface area contributed by atoms with Crippen LogP contribution in [0.4, 0.5) is 0 Å². The van der Waals surface area contributed by atoms with Crippen LogP contribution in [0.15, 0.2) is 12.1 Å². The Bertz CT molecular complexity index is 415. The first-order valence-electron chi connectivity index (χ1n) is 4.72. The van der Waals surface area contributed by atoms with Gasteiger partial charge in [-0.25, -0.2) is 0 Å². The van der Waals surface area contributed by atoms with Crippen LogP contribution >= 0.6 is 0 Å². The van der Waals surface area contributed by atoms with E-state index in [4.69, 9.17) is 15.6 Å². The minimum atomic E-state index is -0.151. The lowest BCUT2D eigenvalue weighted by atomic mass is 9.91. The monoisotopic (exact) mass is 200 g/mol. The predicted molar refractivity (Wildman–Crippen MR) is 55.9 cm³/mol. The van der Waals surface area contributed by atoms with E-state index in [1.807, 2.05) is 13.8 Å². The maximum Gasteiger partial charge on any atom is 0.0995 e. The van der Waals surface area contributed by atoms with Gasteiger partial charge in [0.15, 0.2) is 0 Å². The van der Waals surface area contributed by atoms with E-state index in [1.54, 1.807) is 12.1 Å². The fourth-order valence-electron chi connectivity index (χ4n) is 1.61. The van der Waals surface area contributed by atoms with Crippen LogP contribution in [0.3, 0.4) is 0 Å². The molecule has 3 heteroatoms. The summed E-state index contributed by atoms with van der Waals surface area (Å²) in [5, 5.41) is 26.9. The van der Waals surface area contributed by atoms with Crippen molar-refractivity contribution in [3.05, 3.63) is 34.4 Å². The van der Waals surface area contributed by atoms with Crippen LogP contribution in [0.2, 0.25) is 0 Å². The quantitative estimate of drug-likeness (QED) is 0.794. The van der Waals surface area contributed by atoms with Crippen molar-refractivity contribution >= 4 is 0 Å². The van der Waals surface area contributed by atoms with Crippen LogP contribution in [0.25, 0.3) is 0 Å². The highest BCUT2D eigenvalue weighted by Crippen LogP contribution is 2.24. The maximum absolute atomic E-state index is 8.99. The van der Waals surface area contributed by atoms with Gasteiger partial charge >= 0.3 is 0 Å². The second kappa shape index (κ2) is 4.59. The average Bonchev–Trinajstić information content (AvgIpc) is 2.26. The van der Waals surface area contributed by atoms with Crippen LogP contribution in [0, 0.1) is 22.7 Å². The van der Waals surface area contributed by atoms with Crippen molar-refractivity contribution in [1.29, 1.82) is 10.5 Å². The van der Waals surface area contributed by atoms with E-state index in [0.29, 0.717) is 16.7 Å². The highest BCUT2D eigenvalue weighted by Gasteiger charge is 2.13. The van der Waals surface area contributed by atoms with Crippen LogP contribution in [-0.2, 0) is 6.61 Å². The van der Waals surface area contributed by atoms with E-state index in [2.05, 4.69) is 12.1 Å². The topological polar surface area (TPSA) is 67.8 Å². The molecule has 0 radical (unpaired) electrons. The Morgan fingerprint density at radius 2 is 1.67 bits per heavy atom. The van der Waals surface area contributed by atoms with Gasteiger partial charge in [0.25, 0.3) is 0 Å². The number of aliphatic hydroxyl groups excluding tert-OH is 1. The lowest BCUT2D eigenvalue weighted by Gasteiger charge is -2.11. The van der Waals surface area contributed by atoms with E-state index in [0.717, 1.165) is 5.56 Å². The average molecular weight is 200 g/mol. The van der Waals surface area contributed by atoms with Crippen LogP contribution in [0.5, 0.6) is 0 Å². The SMILES string of the molecule is CC(C)c1c(C#N)cc(CO)cc1C#N. The molecule has 1 N–H and O–H groups in total. The number of rotatable bonds is 2. The largest absolute Gasteiger partial charge is 0.392 e. The summed E-state index contributed by atoms with van der Waals surface area (Å²) in [7, 11) is 0. The molecule has 0 aliphatic carbocycles. The standard InChI is InChI=1S/C12H12N2O/c1-8(2)12-10(5-13)3-9(7-15)4-11(12)6-14/h3-4,8,15H,7H2,1-2H3. The maximum atomic E-state index is 8.99. The molecule has 76 valence electrons. The Hall–Kier alpha value is -1.84. The third kappa shape index (κ3) is 2.15. The molecule has 1 aromatic carbocycles. The van der Waals surface area contributed by atoms with Crippen molar-refractivity contribution in [2.45, 2.75) is 26.4 Å². The normalized spacial score (nSPS) is 9.73. The van der Waals surface area contributed by atoms with Crippen LogP contribution < -0.4 is 0 Å². The van der Waals surface area contributed by atoms with Crippen LogP contribution in [-0.4, -0.2) is 5.11 Å². The van der Waals surface area contributed by atoms with Gasteiger partial charge in [0.05, 0.1) is 29.9 Å². The Morgan fingerprint density at radius 1 is 1.20 bits per heavy atom. The Balaban J connectivity index is 3.50. The zero-order valence-electron chi connectivity index (χ0n) is 8.78. The Labute approximate surface area is 89.2 Å². The van der Waals surface area contributed by atoms with Crippen molar-refractivity contribution in [2.24, 2.45) is 0 Å². The van der Waals surface area contributed by atoms with Gasteiger partial charge in [-0.1, -0.05) is 13.8 Å². The summed E-state index contributed by atoms with van der Waals surface area (Å²) in [5.74, 6) is 0.127. The van der Waals surface area contributed by atoms with Crippen molar-refractivity contribution in [3.63, 3.8) is 0 Å². The molecule has 0 saturated heterocycles. The third-order valence-electron chi connectivity index (χ3n) is 2.24. The molecule has 0 saturated carbocycles. The van der Waals surface area contributed by atoms with E-state index >= 15 is 0 Å². The second-order valence-corrected chi connectivity index (χ2v) is 3.64. The van der Waals surface area contributed by atoms with Crippen molar-refractivity contribution < 1.29 is 5.11 Å². The number of hydrogen-bond acceptors (Lipinski definition) is 3. The molecular weight excluding hydrogens is 188 g/mol. The zero-order chi connectivity index (χ0) is 11.4. The number of hydrogen-bond donors (Lipinski definition) is 1. The molecule has 0 bridgehead atoms. The summed E-state index contributed by atoms with van der Waals surface area (Å²) in [6.45, 7) is 3.73. The Morgan fingerprint density at radius 3 is 1.93 bits per heavy atom.